The van der Waals surface area contributed by atoms with Crippen molar-refractivity contribution in [3.8, 4) is 0 Å². The van der Waals surface area contributed by atoms with E-state index in [1.807, 2.05) is 13.8 Å². The van der Waals surface area contributed by atoms with E-state index in [-0.39, 0.29) is 0 Å². The molecule has 2 aliphatic rings. The highest BCUT2D eigenvalue weighted by Crippen LogP contribution is 2.16. The van der Waals surface area contributed by atoms with Gasteiger partial charge in [0.25, 0.3) is 0 Å². The number of hydrazine groups is 1. The smallest absolute Gasteiger partial charge is 0.140 e. The van der Waals surface area contributed by atoms with Crippen LogP contribution in [0.1, 0.15) is 26.7 Å². The van der Waals surface area contributed by atoms with E-state index in [0.717, 1.165) is 12.4 Å². The van der Waals surface area contributed by atoms with Crippen LogP contribution >= 0.6 is 0 Å². The van der Waals surface area contributed by atoms with Gasteiger partial charge in [-0.05, 0) is 26.4 Å². The van der Waals surface area contributed by atoms with Gasteiger partial charge >= 0.3 is 0 Å². The van der Waals surface area contributed by atoms with E-state index in [4.69, 9.17) is 0 Å². The molecule has 0 aromatic carbocycles. The predicted octanol–water partition coefficient (Wildman–Crippen LogP) is 1.08. The Morgan fingerprint density at radius 3 is 2.57 bits per heavy atom. The fraction of sp³-hybridized carbons (Fsp3) is 0.700. The maximum absolute atomic E-state index is 4.28. The number of likely N-dealkylation sites (tertiary alicyclic amines) is 1. The summed E-state index contributed by atoms with van der Waals surface area (Å²) < 4.78 is 0. The molecular formula is C10H20N4. The number of rotatable bonds is 1. The summed E-state index contributed by atoms with van der Waals surface area (Å²) in [5, 5.41) is 0. The normalized spacial score (nSPS) is 26.1. The zero-order chi connectivity index (χ0) is 10.6. The SMILES string of the molecule is C=C1N=C(C2CCCN2C)NN1.CC. The summed E-state index contributed by atoms with van der Waals surface area (Å²) in [4.78, 5) is 6.59. The van der Waals surface area contributed by atoms with E-state index in [1.165, 1.54) is 12.8 Å². The summed E-state index contributed by atoms with van der Waals surface area (Å²) in [5.41, 5.74) is 5.93. The minimum absolute atomic E-state index is 0.455. The Kier molecular flexibility index (Phi) is 3.95. The van der Waals surface area contributed by atoms with E-state index >= 15 is 0 Å². The molecule has 0 radical (unpaired) electrons. The molecule has 1 fully saturated rings. The van der Waals surface area contributed by atoms with Gasteiger partial charge in [0.15, 0.2) is 0 Å². The first-order valence-electron chi connectivity index (χ1n) is 5.27. The first-order chi connectivity index (χ1) is 6.77. The molecule has 4 heteroatoms. The van der Waals surface area contributed by atoms with E-state index < -0.39 is 0 Å². The largest absolute Gasteiger partial charge is 0.297 e. The zero-order valence-electron chi connectivity index (χ0n) is 9.30. The molecule has 4 nitrogen and oxygen atoms in total. The van der Waals surface area contributed by atoms with Gasteiger partial charge in [-0.3, -0.25) is 15.8 Å². The molecule has 0 amide bonds. The molecule has 14 heavy (non-hydrogen) atoms. The lowest BCUT2D eigenvalue weighted by Gasteiger charge is -2.18. The molecule has 80 valence electrons. The number of aliphatic imine (C=N–C) groups is 1. The number of likely N-dealkylation sites (N-methyl/N-ethyl adjacent to an activating group) is 1. The Balaban J connectivity index is 0.000000461. The monoisotopic (exact) mass is 196 g/mol. The van der Waals surface area contributed by atoms with Crippen LogP contribution in [0.15, 0.2) is 17.4 Å². The van der Waals surface area contributed by atoms with Gasteiger partial charge in [0.05, 0.1) is 6.04 Å². The van der Waals surface area contributed by atoms with Crippen LogP contribution in [-0.2, 0) is 0 Å². The van der Waals surface area contributed by atoms with Crippen LogP contribution < -0.4 is 10.9 Å². The molecular weight excluding hydrogens is 176 g/mol. The topological polar surface area (TPSA) is 39.7 Å². The quantitative estimate of drug-likeness (QED) is 0.659. The average molecular weight is 196 g/mol. The summed E-state index contributed by atoms with van der Waals surface area (Å²) in [6, 6.07) is 0.455. The summed E-state index contributed by atoms with van der Waals surface area (Å²) in [5.74, 6) is 1.73. The predicted molar refractivity (Wildman–Crippen MR) is 59.8 cm³/mol. The van der Waals surface area contributed by atoms with Crippen molar-refractivity contribution in [3.63, 3.8) is 0 Å². The Morgan fingerprint density at radius 2 is 2.14 bits per heavy atom. The van der Waals surface area contributed by atoms with Gasteiger partial charge in [-0.1, -0.05) is 20.4 Å². The third-order valence-electron chi connectivity index (χ3n) is 2.43. The highest BCUT2D eigenvalue weighted by molar-refractivity contribution is 5.89. The summed E-state index contributed by atoms with van der Waals surface area (Å²) in [6.45, 7) is 8.89. The first kappa shape index (κ1) is 11.0. The Morgan fingerprint density at radius 1 is 1.43 bits per heavy atom. The highest BCUT2D eigenvalue weighted by atomic mass is 15.5. The lowest BCUT2D eigenvalue weighted by molar-refractivity contribution is 0.368. The van der Waals surface area contributed by atoms with Crippen molar-refractivity contribution in [2.45, 2.75) is 32.7 Å². The molecule has 2 aliphatic heterocycles. The number of nitrogens with zero attached hydrogens (tertiary/aromatic N) is 2. The molecule has 0 saturated carbocycles. The zero-order valence-corrected chi connectivity index (χ0v) is 9.30. The number of hydrogen-bond donors (Lipinski definition) is 2. The van der Waals surface area contributed by atoms with Gasteiger partial charge in [-0.15, -0.1) is 0 Å². The number of amidine groups is 1. The van der Waals surface area contributed by atoms with Crippen LogP contribution in [0.5, 0.6) is 0 Å². The van der Waals surface area contributed by atoms with Crippen molar-refractivity contribution in [1.29, 1.82) is 0 Å². The van der Waals surface area contributed by atoms with Crippen molar-refractivity contribution < 1.29 is 0 Å². The standard InChI is InChI=1S/C8H14N4.C2H6/c1-6-9-8(11-10-6)7-4-3-5-12(7)2;1-2/h7,10H,1,3-5H2,2H3,(H,9,11);1-2H3. The molecule has 0 bridgehead atoms. The third-order valence-corrected chi connectivity index (χ3v) is 2.43. The maximum atomic E-state index is 4.28. The second kappa shape index (κ2) is 5.00. The van der Waals surface area contributed by atoms with E-state index in [0.29, 0.717) is 11.9 Å². The third kappa shape index (κ3) is 2.26. The molecule has 2 rings (SSSR count). The molecule has 0 spiro atoms. The molecule has 2 heterocycles. The molecule has 0 aromatic heterocycles. The van der Waals surface area contributed by atoms with Gasteiger partial charge in [0.1, 0.15) is 11.7 Å². The molecule has 0 aromatic rings. The van der Waals surface area contributed by atoms with Crippen LogP contribution in [0.4, 0.5) is 0 Å². The van der Waals surface area contributed by atoms with Gasteiger partial charge in [0, 0.05) is 0 Å². The summed E-state index contributed by atoms with van der Waals surface area (Å²) >= 11 is 0. The molecule has 1 atom stereocenters. The summed E-state index contributed by atoms with van der Waals surface area (Å²) in [6.07, 6.45) is 2.45. The van der Waals surface area contributed by atoms with Crippen LogP contribution in [0.3, 0.4) is 0 Å². The Hall–Kier alpha value is -1.03. The lowest BCUT2D eigenvalue weighted by Crippen LogP contribution is -2.42. The van der Waals surface area contributed by atoms with E-state index in [9.17, 15) is 0 Å². The van der Waals surface area contributed by atoms with Gasteiger partial charge in [-0.25, -0.2) is 4.99 Å². The van der Waals surface area contributed by atoms with Gasteiger partial charge in [0.2, 0.25) is 0 Å². The number of hydrogen-bond acceptors (Lipinski definition) is 4. The van der Waals surface area contributed by atoms with Crippen LogP contribution in [0.2, 0.25) is 0 Å². The second-order valence-electron chi connectivity index (χ2n) is 3.33. The molecule has 1 unspecified atom stereocenters. The Bertz CT molecular complexity index is 234. The first-order valence-corrected chi connectivity index (χ1v) is 5.27. The van der Waals surface area contributed by atoms with Crippen LogP contribution in [-0.4, -0.2) is 30.4 Å². The number of nitrogens with one attached hydrogen (secondary N) is 2. The average Bonchev–Trinajstić information content (AvgIpc) is 2.78. The Labute approximate surface area is 86.1 Å². The van der Waals surface area contributed by atoms with Crippen molar-refractivity contribution in [3.05, 3.63) is 12.4 Å². The fourth-order valence-corrected chi connectivity index (χ4v) is 1.75. The summed E-state index contributed by atoms with van der Waals surface area (Å²) in [7, 11) is 2.13. The van der Waals surface area contributed by atoms with Crippen LogP contribution in [0, 0.1) is 0 Å². The molecule has 2 N–H and O–H groups in total. The van der Waals surface area contributed by atoms with Crippen molar-refractivity contribution in [2.75, 3.05) is 13.6 Å². The molecule has 0 aliphatic carbocycles. The maximum Gasteiger partial charge on any atom is 0.140 e. The fourth-order valence-electron chi connectivity index (χ4n) is 1.75. The van der Waals surface area contributed by atoms with E-state index in [1.54, 1.807) is 0 Å². The van der Waals surface area contributed by atoms with Crippen molar-refractivity contribution >= 4 is 5.84 Å². The second-order valence-corrected chi connectivity index (χ2v) is 3.33. The minimum atomic E-state index is 0.455. The molecule has 1 saturated heterocycles. The van der Waals surface area contributed by atoms with E-state index in [2.05, 4.69) is 34.4 Å². The van der Waals surface area contributed by atoms with Crippen LogP contribution in [0.25, 0.3) is 0 Å². The van der Waals surface area contributed by atoms with Crippen molar-refractivity contribution in [1.82, 2.24) is 15.8 Å². The van der Waals surface area contributed by atoms with Gasteiger partial charge in [-0.2, -0.15) is 0 Å². The minimum Gasteiger partial charge on any atom is -0.297 e. The lowest BCUT2D eigenvalue weighted by atomic mass is 10.2. The van der Waals surface area contributed by atoms with Crippen molar-refractivity contribution in [2.24, 2.45) is 4.99 Å². The van der Waals surface area contributed by atoms with Gasteiger partial charge < -0.3 is 0 Å². The highest BCUT2D eigenvalue weighted by Gasteiger charge is 2.27.